The molecule has 0 saturated heterocycles. The molecule has 0 radical (unpaired) electrons. The fourth-order valence-corrected chi connectivity index (χ4v) is 10.2. The molecule has 0 aliphatic rings. The summed E-state index contributed by atoms with van der Waals surface area (Å²) in [6.45, 7) is 15.3. The van der Waals surface area contributed by atoms with Gasteiger partial charge in [-0.2, -0.15) is 79.9 Å². The maximum atomic E-state index is 5.53. The van der Waals surface area contributed by atoms with Gasteiger partial charge in [0, 0.05) is 7.05 Å². The average Bonchev–Trinajstić information content (AvgIpc) is 3.79. The molecule has 0 aromatic heterocycles. The number of benzene rings is 9. The summed E-state index contributed by atoms with van der Waals surface area (Å²) in [5.74, 6) is 0. The van der Waals surface area contributed by atoms with Gasteiger partial charge in [-0.1, -0.05) is 180 Å². The van der Waals surface area contributed by atoms with Crippen molar-refractivity contribution in [1.82, 2.24) is 0 Å². The van der Waals surface area contributed by atoms with Crippen LogP contribution in [-0.2, 0) is 26.2 Å². The van der Waals surface area contributed by atoms with Crippen LogP contribution >= 0.6 is 7.05 Å². The van der Waals surface area contributed by atoms with E-state index < -0.39 is 7.05 Å². The van der Waals surface area contributed by atoms with Crippen LogP contribution in [0.5, 0.6) is 0 Å². The minimum Gasteiger partial charge on any atom is -0.263 e. The average molecular weight is 939 g/mol. The van der Waals surface area contributed by atoms with Crippen LogP contribution < -0.4 is 15.9 Å². The van der Waals surface area contributed by atoms with E-state index in [1.807, 2.05) is 133 Å². The molecule has 0 unspecified atom stereocenters. The normalized spacial score (nSPS) is 9.75. The van der Waals surface area contributed by atoms with Crippen molar-refractivity contribution in [2.75, 3.05) is 0 Å². The van der Waals surface area contributed by atoms with Gasteiger partial charge in [0.1, 0.15) is 0 Å². The quantitative estimate of drug-likeness (QED) is 0.123. The smallest absolute Gasteiger partial charge is 0.263 e. The molecule has 0 heterocycles. The van der Waals surface area contributed by atoms with Gasteiger partial charge in [0.15, 0.2) is 0 Å². The Labute approximate surface area is 409 Å². The number of nitrogens with zero attached hydrogens (tertiary/aromatic N) is 1. The Bertz CT molecular complexity index is 2510. The summed E-state index contributed by atoms with van der Waals surface area (Å²) in [7, 11) is -2.25. The molecule has 0 aliphatic heterocycles. The maximum Gasteiger partial charge on any atom is 4.00 e. The van der Waals surface area contributed by atoms with Crippen LogP contribution in [0.2, 0.25) is 0 Å². The maximum absolute atomic E-state index is 5.53. The van der Waals surface area contributed by atoms with Crippen molar-refractivity contribution in [3.63, 3.8) is 0 Å². The molecular formula is C62H58NPZr. The Balaban J connectivity index is 0.000000207. The molecule has 3 heteroatoms. The third-order valence-electron chi connectivity index (χ3n) is 9.70. The molecule has 0 saturated carbocycles. The van der Waals surface area contributed by atoms with Crippen molar-refractivity contribution in [3.8, 4) is 0 Å². The molecular weight excluding hydrogens is 881 g/mol. The van der Waals surface area contributed by atoms with E-state index in [1.54, 1.807) is 0 Å². The molecule has 10 aromatic rings. The van der Waals surface area contributed by atoms with Crippen LogP contribution in [0.3, 0.4) is 0 Å². The molecule has 0 amide bonds. The molecule has 1 nitrogen and oxygen atoms in total. The van der Waals surface area contributed by atoms with Gasteiger partial charge in [0.2, 0.25) is 0 Å². The van der Waals surface area contributed by atoms with E-state index in [2.05, 4.69) is 180 Å². The largest absolute Gasteiger partial charge is 4.00 e. The van der Waals surface area contributed by atoms with E-state index in [4.69, 9.17) is 4.74 Å². The van der Waals surface area contributed by atoms with Crippen LogP contribution in [0.4, 0.5) is 5.69 Å². The van der Waals surface area contributed by atoms with Gasteiger partial charge >= 0.3 is 26.2 Å². The zero-order valence-electron chi connectivity index (χ0n) is 37.6. The second-order valence-electron chi connectivity index (χ2n) is 14.8. The van der Waals surface area contributed by atoms with Crippen molar-refractivity contribution in [2.24, 2.45) is 4.74 Å². The fourth-order valence-electron chi connectivity index (χ4n) is 6.47. The van der Waals surface area contributed by atoms with E-state index in [0.29, 0.717) is 0 Å². The SMILES string of the molecule is Cc1ccccc1.Cc1ccccc1.[CH2-]c1ccccc1.[CH2-]c1ccccc1.[CH2-]c1ccccc1.[Zr+4].c1ccc(N=P(c2ccccc2)(c2ccccc2)[c-]2ccc3ccccc32)cc1. The monoisotopic (exact) mass is 937 g/mol. The first kappa shape index (κ1) is 51.0. The molecule has 0 atom stereocenters. The first-order chi connectivity index (χ1) is 31.3. The van der Waals surface area contributed by atoms with Crippen molar-refractivity contribution in [1.29, 1.82) is 0 Å². The summed E-state index contributed by atoms with van der Waals surface area (Å²) < 4.78 is 5.53. The summed E-state index contributed by atoms with van der Waals surface area (Å²) >= 11 is 0. The number of aryl methyl sites for hydroxylation is 2. The Hall–Kier alpha value is -6.69. The van der Waals surface area contributed by atoms with Gasteiger partial charge in [-0.3, -0.25) is 4.74 Å². The molecule has 10 rings (SSSR count). The molecule has 0 bridgehead atoms. The van der Waals surface area contributed by atoms with Gasteiger partial charge in [-0.25, -0.2) is 0 Å². The Morgan fingerprint density at radius 2 is 0.631 bits per heavy atom. The van der Waals surface area contributed by atoms with Gasteiger partial charge in [-0.05, 0) is 36.6 Å². The van der Waals surface area contributed by atoms with Crippen molar-refractivity contribution in [3.05, 3.63) is 328 Å². The number of hydrogen-bond acceptors (Lipinski definition) is 1. The second kappa shape index (κ2) is 28.9. The van der Waals surface area contributed by atoms with Gasteiger partial charge in [0.25, 0.3) is 0 Å². The molecule has 65 heavy (non-hydrogen) atoms. The van der Waals surface area contributed by atoms with Crippen LogP contribution in [0.1, 0.15) is 27.8 Å². The number of rotatable bonds is 4. The predicted molar refractivity (Wildman–Crippen MR) is 282 cm³/mol. The first-order valence-electron chi connectivity index (χ1n) is 21.4. The van der Waals surface area contributed by atoms with E-state index >= 15 is 0 Å². The molecule has 320 valence electrons. The molecule has 0 N–H and O–H groups in total. The van der Waals surface area contributed by atoms with E-state index in [9.17, 15) is 0 Å². The van der Waals surface area contributed by atoms with Crippen molar-refractivity contribution in [2.45, 2.75) is 13.8 Å². The summed E-state index contributed by atoms with van der Waals surface area (Å²) in [6.07, 6.45) is 0. The summed E-state index contributed by atoms with van der Waals surface area (Å²) in [4.78, 5) is 0. The van der Waals surface area contributed by atoms with Gasteiger partial charge in [-0.15, -0.1) is 71.4 Å². The van der Waals surface area contributed by atoms with E-state index in [1.165, 1.54) is 37.8 Å². The van der Waals surface area contributed by atoms with Crippen LogP contribution in [0.25, 0.3) is 10.8 Å². The molecule has 0 fully saturated rings. The predicted octanol–water partition coefficient (Wildman–Crippen LogP) is 16.0. The van der Waals surface area contributed by atoms with Crippen LogP contribution in [0.15, 0.2) is 284 Å². The zero-order chi connectivity index (χ0) is 45.1. The Morgan fingerprint density at radius 1 is 0.338 bits per heavy atom. The molecule has 0 aliphatic carbocycles. The van der Waals surface area contributed by atoms with E-state index in [0.717, 1.165) is 22.4 Å². The fraction of sp³-hybridized carbons (Fsp3) is 0.0323. The van der Waals surface area contributed by atoms with E-state index in [-0.39, 0.29) is 26.2 Å². The topological polar surface area (TPSA) is 12.4 Å². The Kier molecular flexibility index (Phi) is 22.6. The van der Waals surface area contributed by atoms with Gasteiger partial charge in [0.05, 0.1) is 5.69 Å². The third kappa shape index (κ3) is 17.4. The standard InChI is InChI=1S/C27H21NP.2C7H8.3C7H7.Zr/c1-4-13-23(14-5-1)28-29(24-15-6-2-7-16-24,25-17-8-3-9-18-25)27-21-20-22-12-10-11-19-26(22)27;5*1-7-5-3-2-4-6-7;/h1-21H;2*2-6H,1H3;3*2-6H,1H2;/q-1;;;3*-1;+4. The van der Waals surface area contributed by atoms with Gasteiger partial charge < -0.3 is 0 Å². The zero-order valence-corrected chi connectivity index (χ0v) is 40.9. The number of fused-ring (bicyclic) bond motifs is 1. The summed E-state index contributed by atoms with van der Waals surface area (Å²) in [5.41, 5.74) is 6.87. The van der Waals surface area contributed by atoms with Crippen LogP contribution in [0, 0.1) is 34.6 Å². The second-order valence-corrected chi connectivity index (χ2v) is 17.8. The summed E-state index contributed by atoms with van der Waals surface area (Å²) in [5, 5.41) is 6.40. The molecule has 0 spiro atoms. The molecule has 10 aromatic carbocycles. The van der Waals surface area contributed by atoms with Crippen molar-refractivity contribution >= 4 is 39.4 Å². The van der Waals surface area contributed by atoms with Crippen molar-refractivity contribution < 1.29 is 26.2 Å². The summed E-state index contributed by atoms with van der Waals surface area (Å²) in [6, 6.07) is 95.2. The minimum absolute atomic E-state index is 0. The first-order valence-corrected chi connectivity index (χ1v) is 23.2. The van der Waals surface area contributed by atoms with Crippen LogP contribution in [-0.4, -0.2) is 0 Å². The number of hydrogen-bond donors (Lipinski definition) is 0. The minimum atomic E-state index is -2.25. The Morgan fingerprint density at radius 3 is 0.938 bits per heavy atom. The third-order valence-corrected chi connectivity index (χ3v) is 13.4.